The van der Waals surface area contributed by atoms with Crippen LogP contribution in [0.5, 0.6) is 5.75 Å². The highest BCUT2D eigenvalue weighted by Gasteiger charge is 2.33. The van der Waals surface area contributed by atoms with Gasteiger partial charge in [-0.1, -0.05) is 25.5 Å². The Balaban J connectivity index is 2.14. The van der Waals surface area contributed by atoms with Crippen molar-refractivity contribution in [3.05, 3.63) is 29.8 Å². The van der Waals surface area contributed by atoms with Crippen LogP contribution < -0.4 is 4.74 Å². The summed E-state index contributed by atoms with van der Waals surface area (Å²) in [4.78, 5) is 12.1. The van der Waals surface area contributed by atoms with Crippen LogP contribution in [0.2, 0.25) is 0 Å². The Morgan fingerprint density at radius 1 is 1.28 bits per heavy atom. The zero-order chi connectivity index (χ0) is 13.1. The molecule has 0 aromatic heterocycles. The Morgan fingerprint density at radius 3 is 2.56 bits per heavy atom. The minimum absolute atomic E-state index is 0.0802. The van der Waals surface area contributed by atoms with Crippen molar-refractivity contribution in [2.75, 3.05) is 7.11 Å². The maximum Gasteiger partial charge on any atom is 0.141 e. The molecule has 0 unspecified atom stereocenters. The molecule has 1 N–H and O–H groups in total. The van der Waals surface area contributed by atoms with Crippen molar-refractivity contribution < 1.29 is 14.6 Å². The highest BCUT2D eigenvalue weighted by molar-refractivity contribution is 5.84. The smallest absolute Gasteiger partial charge is 0.141 e. The number of carbonyl (C=O) groups excluding carboxylic acids is 1. The molecule has 0 radical (unpaired) electrons. The highest BCUT2D eigenvalue weighted by Crippen LogP contribution is 2.34. The summed E-state index contributed by atoms with van der Waals surface area (Å²) in [5.41, 5.74) is 0.795. The molecule has 0 saturated heterocycles. The fraction of sp³-hybridized carbons (Fsp3) is 0.533. The van der Waals surface area contributed by atoms with Gasteiger partial charge in [0, 0.05) is 11.8 Å². The molecule has 2 rings (SSSR count). The van der Waals surface area contributed by atoms with Gasteiger partial charge in [0.05, 0.1) is 13.2 Å². The van der Waals surface area contributed by atoms with Gasteiger partial charge in [0.25, 0.3) is 0 Å². The van der Waals surface area contributed by atoms with E-state index in [1.807, 2.05) is 31.2 Å². The normalized spacial score (nSPS) is 25.8. The highest BCUT2D eigenvalue weighted by atomic mass is 16.5. The Labute approximate surface area is 108 Å². The molecule has 0 heterocycles. The lowest BCUT2D eigenvalue weighted by atomic mass is 9.77. The lowest BCUT2D eigenvalue weighted by Gasteiger charge is -2.29. The van der Waals surface area contributed by atoms with Gasteiger partial charge in [-0.15, -0.1) is 0 Å². The van der Waals surface area contributed by atoms with E-state index in [0.29, 0.717) is 0 Å². The second-order valence-corrected chi connectivity index (χ2v) is 5.06. The number of ether oxygens (including phenoxy) is 1. The van der Waals surface area contributed by atoms with E-state index in [1.165, 1.54) is 0 Å². The van der Waals surface area contributed by atoms with Gasteiger partial charge in [0.15, 0.2) is 0 Å². The lowest BCUT2D eigenvalue weighted by Crippen LogP contribution is -2.31. The van der Waals surface area contributed by atoms with E-state index in [-0.39, 0.29) is 17.6 Å². The van der Waals surface area contributed by atoms with Crippen molar-refractivity contribution in [1.82, 2.24) is 0 Å². The third-order valence-electron chi connectivity index (χ3n) is 3.84. The van der Waals surface area contributed by atoms with Crippen LogP contribution in [0.3, 0.4) is 0 Å². The molecular formula is C15H20O3. The quantitative estimate of drug-likeness (QED) is 0.894. The van der Waals surface area contributed by atoms with E-state index >= 15 is 0 Å². The number of benzene rings is 1. The molecular weight excluding hydrogens is 228 g/mol. The van der Waals surface area contributed by atoms with Gasteiger partial charge in [0.1, 0.15) is 11.5 Å². The molecule has 18 heavy (non-hydrogen) atoms. The Bertz CT molecular complexity index is 410. The summed E-state index contributed by atoms with van der Waals surface area (Å²) < 4.78 is 5.08. The first kappa shape index (κ1) is 13.1. The van der Waals surface area contributed by atoms with Gasteiger partial charge in [0.2, 0.25) is 0 Å². The predicted molar refractivity (Wildman–Crippen MR) is 69.5 cm³/mol. The van der Waals surface area contributed by atoms with Crippen LogP contribution in [0, 0.1) is 11.8 Å². The van der Waals surface area contributed by atoms with E-state index in [1.54, 1.807) is 7.11 Å². The zero-order valence-corrected chi connectivity index (χ0v) is 10.9. The summed E-state index contributed by atoms with van der Waals surface area (Å²) in [5, 5.41) is 10.3. The molecule has 3 nitrogen and oxygen atoms in total. The van der Waals surface area contributed by atoms with Crippen LogP contribution in [0.15, 0.2) is 24.3 Å². The number of hydrogen-bond donors (Lipinski definition) is 1. The zero-order valence-electron chi connectivity index (χ0n) is 10.9. The van der Waals surface area contributed by atoms with E-state index in [0.717, 1.165) is 30.6 Å². The van der Waals surface area contributed by atoms with Crippen LogP contribution in [0.4, 0.5) is 0 Å². The number of aliphatic hydroxyl groups excluding tert-OH is 1. The van der Waals surface area contributed by atoms with Crippen LogP contribution in [-0.4, -0.2) is 18.0 Å². The van der Waals surface area contributed by atoms with Gasteiger partial charge in [-0.25, -0.2) is 0 Å². The number of methoxy groups -OCH3 is 1. The fourth-order valence-corrected chi connectivity index (χ4v) is 2.64. The van der Waals surface area contributed by atoms with Crippen molar-refractivity contribution in [1.29, 1.82) is 0 Å². The average Bonchev–Trinajstić information content (AvgIpc) is 2.41. The Hall–Kier alpha value is -1.35. The summed E-state index contributed by atoms with van der Waals surface area (Å²) in [7, 11) is 1.61. The van der Waals surface area contributed by atoms with Gasteiger partial charge in [-0.2, -0.15) is 0 Å². The van der Waals surface area contributed by atoms with Crippen molar-refractivity contribution >= 4 is 5.78 Å². The number of ketones is 1. The van der Waals surface area contributed by atoms with E-state index in [9.17, 15) is 9.90 Å². The lowest BCUT2D eigenvalue weighted by molar-refractivity contribution is -0.132. The maximum atomic E-state index is 12.1. The SMILES string of the molecule is COc1ccc([C@H](O)[C@@H]2CCC[C@@H](C)C2=O)cc1. The van der Waals surface area contributed by atoms with E-state index < -0.39 is 6.10 Å². The number of aliphatic hydroxyl groups is 1. The largest absolute Gasteiger partial charge is 0.497 e. The minimum Gasteiger partial charge on any atom is -0.497 e. The summed E-state index contributed by atoms with van der Waals surface area (Å²) in [6.07, 6.45) is 2.07. The predicted octanol–water partition coefficient (Wildman–Crippen LogP) is 2.73. The van der Waals surface area contributed by atoms with Crippen LogP contribution in [0.1, 0.15) is 37.9 Å². The number of hydrogen-bond acceptors (Lipinski definition) is 3. The second kappa shape index (κ2) is 5.53. The van der Waals surface area contributed by atoms with Crippen molar-refractivity contribution in [3.63, 3.8) is 0 Å². The van der Waals surface area contributed by atoms with Gasteiger partial charge < -0.3 is 9.84 Å². The summed E-state index contributed by atoms with van der Waals surface area (Å²) >= 11 is 0. The molecule has 1 fully saturated rings. The van der Waals surface area contributed by atoms with E-state index in [2.05, 4.69) is 0 Å². The summed E-state index contributed by atoms with van der Waals surface area (Å²) in [6.45, 7) is 1.95. The van der Waals surface area contributed by atoms with Gasteiger partial charge in [-0.3, -0.25) is 4.79 Å². The molecule has 1 aliphatic rings. The molecule has 0 amide bonds. The Kier molecular flexibility index (Phi) is 4.02. The molecule has 1 aromatic rings. The standard InChI is InChI=1S/C15H20O3/c1-10-4-3-5-13(14(10)16)15(17)11-6-8-12(18-2)9-7-11/h6-10,13,15,17H,3-5H2,1-2H3/t10-,13-,15+/m1/s1. The second-order valence-electron chi connectivity index (χ2n) is 5.06. The molecule has 3 atom stereocenters. The molecule has 1 saturated carbocycles. The van der Waals surface area contributed by atoms with Gasteiger partial charge in [-0.05, 0) is 30.5 Å². The number of Topliss-reactive ketones (excluding diaryl/α,β-unsaturated/α-hetero) is 1. The first-order chi connectivity index (χ1) is 8.63. The molecule has 1 aromatic carbocycles. The van der Waals surface area contributed by atoms with Gasteiger partial charge >= 0.3 is 0 Å². The average molecular weight is 248 g/mol. The molecule has 1 aliphatic carbocycles. The van der Waals surface area contributed by atoms with Crippen LogP contribution in [0.25, 0.3) is 0 Å². The topological polar surface area (TPSA) is 46.5 Å². The summed E-state index contributed by atoms with van der Waals surface area (Å²) in [6, 6.07) is 7.29. The minimum atomic E-state index is -0.689. The molecule has 0 spiro atoms. The van der Waals surface area contributed by atoms with Crippen molar-refractivity contribution in [3.8, 4) is 5.75 Å². The third-order valence-corrected chi connectivity index (χ3v) is 3.84. The third kappa shape index (κ3) is 2.56. The first-order valence-corrected chi connectivity index (χ1v) is 6.49. The summed E-state index contributed by atoms with van der Waals surface area (Å²) in [5.74, 6) is 0.789. The number of carbonyl (C=O) groups is 1. The Morgan fingerprint density at radius 2 is 1.94 bits per heavy atom. The molecule has 3 heteroatoms. The van der Waals surface area contributed by atoms with Crippen molar-refractivity contribution in [2.45, 2.75) is 32.3 Å². The first-order valence-electron chi connectivity index (χ1n) is 6.49. The molecule has 98 valence electrons. The molecule has 0 aliphatic heterocycles. The van der Waals surface area contributed by atoms with Crippen LogP contribution in [-0.2, 0) is 4.79 Å². The number of rotatable bonds is 3. The van der Waals surface area contributed by atoms with Crippen molar-refractivity contribution in [2.24, 2.45) is 11.8 Å². The van der Waals surface area contributed by atoms with E-state index in [4.69, 9.17) is 4.74 Å². The van der Waals surface area contributed by atoms with Crippen LogP contribution >= 0.6 is 0 Å². The fourth-order valence-electron chi connectivity index (χ4n) is 2.64. The molecule has 0 bridgehead atoms. The maximum absolute atomic E-state index is 12.1. The monoisotopic (exact) mass is 248 g/mol.